The van der Waals surface area contributed by atoms with Crippen molar-refractivity contribution in [2.24, 2.45) is 0 Å². The number of ether oxygens (including phenoxy) is 1. The van der Waals surface area contributed by atoms with Gasteiger partial charge in [-0.1, -0.05) is 37.3 Å². The van der Waals surface area contributed by atoms with Crippen molar-refractivity contribution in [2.45, 2.75) is 51.7 Å². The summed E-state index contributed by atoms with van der Waals surface area (Å²) >= 11 is 0. The Morgan fingerprint density at radius 3 is 2.57 bits per heavy atom. The van der Waals surface area contributed by atoms with E-state index in [9.17, 15) is 9.59 Å². The Labute approximate surface area is 178 Å². The molecule has 1 atom stereocenters. The first-order valence-corrected chi connectivity index (χ1v) is 10.9. The maximum Gasteiger partial charge on any atom is 0.242 e. The molecule has 2 amide bonds. The zero-order valence-corrected chi connectivity index (χ0v) is 17.8. The largest absolute Gasteiger partial charge is 0.467 e. The van der Waals surface area contributed by atoms with E-state index in [2.05, 4.69) is 0 Å². The number of aryl methyl sites for hydroxylation is 1. The fourth-order valence-corrected chi connectivity index (χ4v) is 3.76. The van der Waals surface area contributed by atoms with Crippen LogP contribution >= 0.6 is 0 Å². The summed E-state index contributed by atoms with van der Waals surface area (Å²) in [6.07, 6.45) is 5.54. The van der Waals surface area contributed by atoms with Crippen LogP contribution in [0.15, 0.2) is 53.1 Å². The molecule has 1 aliphatic rings. The molecule has 1 aromatic carbocycles. The lowest BCUT2D eigenvalue weighted by Crippen LogP contribution is -2.45. The van der Waals surface area contributed by atoms with Crippen LogP contribution < -0.4 is 0 Å². The molecule has 0 radical (unpaired) electrons. The summed E-state index contributed by atoms with van der Waals surface area (Å²) in [5, 5.41) is 0. The van der Waals surface area contributed by atoms with E-state index in [4.69, 9.17) is 9.15 Å². The highest BCUT2D eigenvalue weighted by Crippen LogP contribution is 2.16. The molecule has 1 aromatic heterocycles. The Balaban J connectivity index is 1.61. The molecule has 6 nitrogen and oxygen atoms in total. The minimum atomic E-state index is -0.0663. The molecule has 0 saturated carbocycles. The molecule has 162 valence electrons. The van der Waals surface area contributed by atoms with Gasteiger partial charge in [0.15, 0.2) is 0 Å². The third-order valence-electron chi connectivity index (χ3n) is 5.37. The first-order valence-electron chi connectivity index (χ1n) is 10.9. The van der Waals surface area contributed by atoms with Crippen molar-refractivity contribution >= 4 is 11.8 Å². The molecule has 1 aliphatic heterocycles. The fraction of sp³-hybridized carbons (Fsp3) is 0.500. The van der Waals surface area contributed by atoms with E-state index in [-0.39, 0.29) is 24.5 Å². The lowest BCUT2D eigenvalue weighted by molar-refractivity contribution is -0.142. The maximum atomic E-state index is 13.2. The van der Waals surface area contributed by atoms with Crippen molar-refractivity contribution in [3.63, 3.8) is 0 Å². The van der Waals surface area contributed by atoms with Crippen LogP contribution in [0.3, 0.4) is 0 Å². The number of hydrogen-bond acceptors (Lipinski definition) is 4. The Morgan fingerprint density at radius 1 is 1.07 bits per heavy atom. The minimum absolute atomic E-state index is 0.0177. The van der Waals surface area contributed by atoms with Gasteiger partial charge in [-0.3, -0.25) is 9.59 Å². The molecule has 1 saturated heterocycles. The Hall–Kier alpha value is -2.60. The first kappa shape index (κ1) is 22.1. The van der Waals surface area contributed by atoms with Crippen LogP contribution in [0.4, 0.5) is 0 Å². The second kappa shape index (κ2) is 11.6. The Bertz CT molecular complexity index is 770. The van der Waals surface area contributed by atoms with Crippen molar-refractivity contribution in [2.75, 3.05) is 26.2 Å². The van der Waals surface area contributed by atoms with Gasteiger partial charge in [-0.2, -0.15) is 0 Å². The highest BCUT2D eigenvalue weighted by atomic mass is 16.5. The van der Waals surface area contributed by atoms with Gasteiger partial charge in [0.25, 0.3) is 0 Å². The summed E-state index contributed by atoms with van der Waals surface area (Å²) in [7, 11) is 0. The van der Waals surface area contributed by atoms with Crippen molar-refractivity contribution in [3.8, 4) is 0 Å². The smallest absolute Gasteiger partial charge is 0.242 e. The zero-order valence-electron chi connectivity index (χ0n) is 17.8. The summed E-state index contributed by atoms with van der Waals surface area (Å²) in [6.45, 7) is 4.35. The molecule has 3 rings (SSSR count). The fourth-order valence-electron chi connectivity index (χ4n) is 3.76. The van der Waals surface area contributed by atoms with E-state index >= 15 is 0 Å². The van der Waals surface area contributed by atoms with Crippen LogP contribution in [0, 0.1) is 0 Å². The van der Waals surface area contributed by atoms with Gasteiger partial charge in [-0.15, -0.1) is 0 Å². The van der Waals surface area contributed by atoms with Crippen LogP contribution in [-0.2, 0) is 27.3 Å². The highest BCUT2D eigenvalue weighted by Gasteiger charge is 2.26. The summed E-state index contributed by atoms with van der Waals surface area (Å²) in [5.74, 6) is 0.686. The number of rotatable bonds is 11. The molecule has 1 fully saturated rings. The van der Waals surface area contributed by atoms with Gasteiger partial charge in [0.2, 0.25) is 11.8 Å². The third kappa shape index (κ3) is 6.73. The molecule has 0 N–H and O–H groups in total. The topological polar surface area (TPSA) is 63.0 Å². The molecule has 30 heavy (non-hydrogen) atoms. The molecular weight excluding hydrogens is 380 g/mol. The number of amides is 2. The molecule has 1 unspecified atom stereocenters. The van der Waals surface area contributed by atoms with Crippen molar-refractivity contribution < 1.29 is 18.7 Å². The van der Waals surface area contributed by atoms with Gasteiger partial charge in [0, 0.05) is 26.1 Å². The van der Waals surface area contributed by atoms with Crippen molar-refractivity contribution in [1.29, 1.82) is 0 Å². The van der Waals surface area contributed by atoms with E-state index in [0.29, 0.717) is 32.5 Å². The van der Waals surface area contributed by atoms with Gasteiger partial charge in [-0.05, 0) is 43.4 Å². The van der Waals surface area contributed by atoms with Gasteiger partial charge >= 0.3 is 0 Å². The summed E-state index contributed by atoms with van der Waals surface area (Å²) in [4.78, 5) is 29.5. The molecule has 2 aromatic rings. The first-order chi connectivity index (χ1) is 14.7. The molecular formula is C24H32N2O4. The molecule has 0 aliphatic carbocycles. The molecule has 0 spiro atoms. The number of hydrogen-bond donors (Lipinski definition) is 0. The van der Waals surface area contributed by atoms with Gasteiger partial charge < -0.3 is 19.0 Å². The molecule has 0 bridgehead atoms. The number of carbonyl (C=O) groups excluding carboxylic acids is 2. The number of benzene rings is 1. The highest BCUT2D eigenvalue weighted by molar-refractivity contribution is 5.85. The molecule has 2 heterocycles. The van der Waals surface area contributed by atoms with Crippen LogP contribution in [-0.4, -0.2) is 54.0 Å². The standard InChI is InChI=1S/C24H32N2O4/c1-2-14-25(23(27)13-12-20-8-4-3-5-9-20)19-24(28)26(17-21-10-6-15-29-21)18-22-11-7-16-30-22/h3-6,8-10,15,22H,2,7,11-14,16-19H2,1H3. The van der Waals surface area contributed by atoms with Crippen LogP contribution in [0.2, 0.25) is 0 Å². The lowest BCUT2D eigenvalue weighted by atomic mass is 10.1. The minimum Gasteiger partial charge on any atom is -0.467 e. The van der Waals surface area contributed by atoms with E-state index < -0.39 is 0 Å². The number of carbonyl (C=O) groups is 2. The summed E-state index contributed by atoms with van der Waals surface area (Å²) in [6, 6.07) is 13.7. The van der Waals surface area contributed by atoms with E-state index in [0.717, 1.165) is 37.2 Å². The average Bonchev–Trinajstić information content (AvgIpc) is 3.46. The van der Waals surface area contributed by atoms with Crippen LogP contribution in [0.25, 0.3) is 0 Å². The van der Waals surface area contributed by atoms with Crippen LogP contribution in [0.5, 0.6) is 0 Å². The van der Waals surface area contributed by atoms with Crippen LogP contribution in [0.1, 0.15) is 43.9 Å². The Morgan fingerprint density at radius 2 is 1.90 bits per heavy atom. The molecule has 6 heteroatoms. The van der Waals surface area contributed by atoms with Crippen molar-refractivity contribution in [1.82, 2.24) is 9.80 Å². The lowest BCUT2D eigenvalue weighted by Gasteiger charge is -2.28. The maximum absolute atomic E-state index is 13.2. The average molecular weight is 413 g/mol. The SMILES string of the molecule is CCCN(CC(=O)N(Cc1ccco1)CC1CCCO1)C(=O)CCc1ccccc1. The summed E-state index contributed by atoms with van der Waals surface area (Å²) < 4.78 is 11.2. The second-order valence-electron chi connectivity index (χ2n) is 7.79. The monoisotopic (exact) mass is 412 g/mol. The van der Waals surface area contributed by atoms with Gasteiger partial charge in [0.05, 0.1) is 25.5 Å². The Kier molecular flexibility index (Phi) is 8.51. The number of furan rings is 1. The second-order valence-corrected chi connectivity index (χ2v) is 7.79. The zero-order chi connectivity index (χ0) is 21.2. The van der Waals surface area contributed by atoms with E-state index in [1.54, 1.807) is 16.1 Å². The quantitative estimate of drug-likeness (QED) is 0.565. The predicted molar refractivity (Wildman–Crippen MR) is 115 cm³/mol. The van der Waals surface area contributed by atoms with E-state index in [1.165, 1.54) is 0 Å². The normalized spacial score (nSPS) is 15.8. The summed E-state index contributed by atoms with van der Waals surface area (Å²) in [5.41, 5.74) is 1.13. The van der Waals surface area contributed by atoms with Gasteiger partial charge in [-0.25, -0.2) is 0 Å². The third-order valence-corrected chi connectivity index (χ3v) is 5.37. The van der Waals surface area contributed by atoms with Crippen molar-refractivity contribution in [3.05, 3.63) is 60.1 Å². The van der Waals surface area contributed by atoms with E-state index in [1.807, 2.05) is 49.4 Å². The number of nitrogens with zero attached hydrogens (tertiary/aromatic N) is 2. The van der Waals surface area contributed by atoms with Gasteiger partial charge in [0.1, 0.15) is 5.76 Å². The predicted octanol–water partition coefficient (Wildman–Crippen LogP) is 3.66.